The number of carbonyl (C=O) groups is 1. The number of nitrogens with one attached hydrogen (secondary N) is 1. The maximum Gasteiger partial charge on any atom is 0.222 e. The van der Waals surface area contributed by atoms with Crippen molar-refractivity contribution in [3.63, 3.8) is 0 Å². The Morgan fingerprint density at radius 3 is 2.83 bits per heavy atom. The topological polar surface area (TPSA) is 52.6 Å². The number of amides is 1. The van der Waals surface area contributed by atoms with Crippen LogP contribution in [0.4, 0.5) is 0 Å². The van der Waals surface area contributed by atoms with E-state index in [0.717, 1.165) is 13.0 Å². The molecule has 0 saturated carbocycles. The van der Waals surface area contributed by atoms with Crippen LogP contribution in [-0.4, -0.2) is 47.2 Å². The van der Waals surface area contributed by atoms with E-state index in [9.17, 15) is 9.90 Å². The van der Waals surface area contributed by atoms with Gasteiger partial charge in [0, 0.05) is 18.6 Å². The van der Waals surface area contributed by atoms with Gasteiger partial charge in [0.05, 0.1) is 12.5 Å². The molecule has 4 nitrogen and oxygen atoms in total. The zero-order valence-electron chi connectivity index (χ0n) is 11.6. The fourth-order valence-corrected chi connectivity index (χ4v) is 3.11. The molecule has 0 aromatic heterocycles. The van der Waals surface area contributed by atoms with Gasteiger partial charge in [0.2, 0.25) is 5.91 Å². The van der Waals surface area contributed by atoms with Gasteiger partial charge < -0.3 is 10.4 Å². The minimum absolute atomic E-state index is 0.00798. The highest BCUT2D eigenvalue weighted by molar-refractivity contribution is 5.76. The predicted octanol–water partition coefficient (Wildman–Crippen LogP) is 1.14. The first-order valence-electron chi connectivity index (χ1n) is 7.29. The lowest BCUT2D eigenvalue weighted by molar-refractivity contribution is -0.124. The molecule has 2 aliphatic rings. The Bertz CT molecular complexity index is 294. The fraction of sp³-hybridized carbons (Fsp3) is 0.929. The molecule has 2 rings (SSSR count). The summed E-state index contributed by atoms with van der Waals surface area (Å²) in [5.41, 5.74) is 0. The standard InChI is InChI=1S/C14H26N2O2/c1-10(2)13(17)9-14(18)15-11-6-8-16-7-4-3-5-12(11)16/h10-13,17H,3-9H2,1-2H3,(H,15,18). The highest BCUT2D eigenvalue weighted by Crippen LogP contribution is 2.27. The molecule has 1 amide bonds. The average molecular weight is 254 g/mol. The third kappa shape index (κ3) is 3.23. The first-order chi connectivity index (χ1) is 8.58. The van der Waals surface area contributed by atoms with Crippen LogP contribution in [0.3, 0.4) is 0 Å². The van der Waals surface area contributed by atoms with Crippen LogP contribution in [0.25, 0.3) is 0 Å². The van der Waals surface area contributed by atoms with Gasteiger partial charge in [-0.1, -0.05) is 20.3 Å². The zero-order chi connectivity index (χ0) is 13.1. The molecule has 3 unspecified atom stereocenters. The van der Waals surface area contributed by atoms with Crippen molar-refractivity contribution in [2.24, 2.45) is 5.92 Å². The van der Waals surface area contributed by atoms with Crippen molar-refractivity contribution < 1.29 is 9.90 Å². The maximum absolute atomic E-state index is 11.9. The number of hydrogen-bond donors (Lipinski definition) is 2. The van der Waals surface area contributed by atoms with Crippen molar-refractivity contribution in [1.82, 2.24) is 10.2 Å². The molecule has 0 aliphatic carbocycles. The SMILES string of the molecule is CC(C)C(O)CC(=O)NC1CCN2CCCCC12. The molecule has 2 heterocycles. The molecule has 4 heteroatoms. The van der Waals surface area contributed by atoms with E-state index in [-0.39, 0.29) is 18.2 Å². The van der Waals surface area contributed by atoms with Crippen LogP contribution in [0.2, 0.25) is 0 Å². The van der Waals surface area contributed by atoms with Gasteiger partial charge in [-0.15, -0.1) is 0 Å². The van der Waals surface area contributed by atoms with Gasteiger partial charge in [0.1, 0.15) is 0 Å². The first-order valence-corrected chi connectivity index (χ1v) is 7.29. The lowest BCUT2D eigenvalue weighted by Crippen LogP contribution is -2.47. The normalized spacial score (nSPS) is 30.2. The minimum atomic E-state index is -0.520. The quantitative estimate of drug-likeness (QED) is 0.791. The van der Waals surface area contributed by atoms with Gasteiger partial charge >= 0.3 is 0 Å². The van der Waals surface area contributed by atoms with Gasteiger partial charge in [-0.05, 0) is 31.7 Å². The van der Waals surface area contributed by atoms with Crippen LogP contribution in [0.15, 0.2) is 0 Å². The third-order valence-corrected chi connectivity index (χ3v) is 4.37. The molecule has 2 aliphatic heterocycles. The van der Waals surface area contributed by atoms with Gasteiger partial charge in [0.25, 0.3) is 0 Å². The third-order valence-electron chi connectivity index (χ3n) is 4.37. The van der Waals surface area contributed by atoms with Crippen molar-refractivity contribution in [3.05, 3.63) is 0 Å². The first kappa shape index (κ1) is 13.8. The van der Waals surface area contributed by atoms with Crippen LogP contribution in [0.1, 0.15) is 46.0 Å². The second-order valence-electron chi connectivity index (χ2n) is 6.08. The number of carbonyl (C=O) groups excluding carboxylic acids is 1. The summed E-state index contributed by atoms with van der Waals surface area (Å²) in [5.74, 6) is 0.152. The van der Waals surface area contributed by atoms with Crippen molar-refractivity contribution >= 4 is 5.91 Å². The van der Waals surface area contributed by atoms with E-state index < -0.39 is 6.10 Å². The van der Waals surface area contributed by atoms with Crippen molar-refractivity contribution in [1.29, 1.82) is 0 Å². The molecular formula is C14H26N2O2. The Kier molecular flexibility index (Phi) is 4.62. The average Bonchev–Trinajstić information content (AvgIpc) is 2.72. The second-order valence-corrected chi connectivity index (χ2v) is 6.08. The molecule has 104 valence electrons. The summed E-state index contributed by atoms with van der Waals surface area (Å²) in [4.78, 5) is 14.4. The monoisotopic (exact) mass is 254 g/mol. The van der Waals surface area contributed by atoms with Crippen LogP contribution >= 0.6 is 0 Å². The number of aliphatic hydroxyl groups excluding tert-OH is 1. The van der Waals surface area contributed by atoms with Crippen LogP contribution < -0.4 is 5.32 Å². The second kappa shape index (κ2) is 6.02. The molecule has 0 radical (unpaired) electrons. The molecule has 0 aromatic rings. The fourth-order valence-electron chi connectivity index (χ4n) is 3.11. The predicted molar refractivity (Wildman–Crippen MR) is 71.2 cm³/mol. The number of hydrogen-bond acceptors (Lipinski definition) is 3. The van der Waals surface area contributed by atoms with E-state index >= 15 is 0 Å². The number of rotatable bonds is 4. The van der Waals surface area contributed by atoms with Gasteiger partial charge in [-0.2, -0.15) is 0 Å². The number of aliphatic hydroxyl groups is 1. The number of fused-ring (bicyclic) bond motifs is 1. The van der Waals surface area contributed by atoms with Crippen molar-refractivity contribution in [2.45, 2.75) is 64.1 Å². The lowest BCUT2D eigenvalue weighted by atomic mass is 9.98. The van der Waals surface area contributed by atoms with Crippen LogP contribution in [0, 0.1) is 5.92 Å². The van der Waals surface area contributed by atoms with Gasteiger partial charge in [0.15, 0.2) is 0 Å². The van der Waals surface area contributed by atoms with Crippen LogP contribution in [0.5, 0.6) is 0 Å². The molecule has 3 atom stereocenters. The summed E-state index contributed by atoms with van der Waals surface area (Å²) >= 11 is 0. The van der Waals surface area contributed by atoms with Crippen molar-refractivity contribution in [3.8, 4) is 0 Å². The molecule has 2 fully saturated rings. The summed E-state index contributed by atoms with van der Waals surface area (Å²) in [5, 5.41) is 12.9. The lowest BCUT2D eigenvalue weighted by Gasteiger charge is -2.32. The van der Waals surface area contributed by atoms with E-state index in [4.69, 9.17) is 0 Å². The molecule has 0 aromatic carbocycles. The Morgan fingerprint density at radius 2 is 2.11 bits per heavy atom. The van der Waals surface area contributed by atoms with E-state index in [1.807, 2.05) is 13.8 Å². The highest BCUT2D eigenvalue weighted by atomic mass is 16.3. The Balaban J connectivity index is 1.80. The molecule has 2 saturated heterocycles. The number of nitrogens with zero attached hydrogens (tertiary/aromatic N) is 1. The van der Waals surface area contributed by atoms with E-state index in [2.05, 4.69) is 10.2 Å². The number of piperidine rings is 1. The highest BCUT2D eigenvalue weighted by Gasteiger charge is 2.36. The summed E-state index contributed by atoms with van der Waals surface area (Å²) in [6.07, 6.45) is 4.56. The summed E-state index contributed by atoms with van der Waals surface area (Å²) < 4.78 is 0. The summed E-state index contributed by atoms with van der Waals surface area (Å²) in [6.45, 7) is 6.18. The summed E-state index contributed by atoms with van der Waals surface area (Å²) in [6, 6.07) is 0.844. The summed E-state index contributed by atoms with van der Waals surface area (Å²) in [7, 11) is 0. The van der Waals surface area contributed by atoms with E-state index in [0.29, 0.717) is 12.1 Å². The van der Waals surface area contributed by atoms with Gasteiger partial charge in [-0.3, -0.25) is 9.69 Å². The largest absolute Gasteiger partial charge is 0.392 e. The van der Waals surface area contributed by atoms with Crippen molar-refractivity contribution in [2.75, 3.05) is 13.1 Å². The van der Waals surface area contributed by atoms with Crippen LogP contribution in [-0.2, 0) is 4.79 Å². The molecule has 2 N–H and O–H groups in total. The van der Waals surface area contributed by atoms with Gasteiger partial charge in [-0.25, -0.2) is 0 Å². The minimum Gasteiger partial charge on any atom is -0.392 e. The molecule has 0 spiro atoms. The molecule has 0 bridgehead atoms. The Labute approximate surface area is 110 Å². The Hall–Kier alpha value is -0.610. The zero-order valence-corrected chi connectivity index (χ0v) is 11.6. The smallest absolute Gasteiger partial charge is 0.222 e. The Morgan fingerprint density at radius 1 is 1.33 bits per heavy atom. The molecular weight excluding hydrogens is 228 g/mol. The van der Waals surface area contributed by atoms with E-state index in [1.165, 1.54) is 25.8 Å². The molecule has 18 heavy (non-hydrogen) atoms. The van der Waals surface area contributed by atoms with E-state index in [1.54, 1.807) is 0 Å². The maximum atomic E-state index is 11.9.